The van der Waals surface area contributed by atoms with Crippen LogP contribution in [0.4, 0.5) is 0 Å². The van der Waals surface area contributed by atoms with E-state index in [9.17, 15) is 0 Å². The van der Waals surface area contributed by atoms with Gasteiger partial charge in [0, 0.05) is 11.9 Å². The van der Waals surface area contributed by atoms with E-state index in [1.54, 1.807) is 11.9 Å². The quantitative estimate of drug-likeness (QED) is 0.524. The molecule has 0 atom stereocenters. The number of halogens is 1. The number of hydrogen-bond acceptors (Lipinski definition) is 3. The normalized spacial score (nSPS) is 9.18. The van der Waals surface area contributed by atoms with Gasteiger partial charge < -0.3 is 4.90 Å². The van der Waals surface area contributed by atoms with E-state index in [2.05, 4.69) is 0 Å². The fraction of sp³-hybridized carbons (Fsp3) is 0.286. The van der Waals surface area contributed by atoms with Crippen molar-refractivity contribution in [3.63, 3.8) is 0 Å². The van der Waals surface area contributed by atoms with Crippen molar-refractivity contribution in [1.29, 1.82) is 5.26 Å². The molecule has 0 aromatic carbocycles. The third-order valence-corrected chi connectivity index (χ3v) is 2.41. The lowest BCUT2D eigenvalue weighted by atomic mass is 10.4. The van der Waals surface area contributed by atoms with Gasteiger partial charge in [0.2, 0.25) is 0 Å². The molecule has 11 heavy (non-hydrogen) atoms. The highest BCUT2D eigenvalue weighted by Gasteiger charge is 1.99. The van der Waals surface area contributed by atoms with Crippen LogP contribution >= 0.6 is 22.9 Å². The Balaban J connectivity index is 2.59. The second-order valence-corrected chi connectivity index (χ2v) is 3.96. The van der Waals surface area contributed by atoms with Gasteiger partial charge >= 0.3 is 0 Å². The van der Waals surface area contributed by atoms with E-state index in [4.69, 9.17) is 16.9 Å². The van der Waals surface area contributed by atoms with Crippen LogP contribution in [-0.2, 0) is 6.54 Å². The van der Waals surface area contributed by atoms with Crippen LogP contribution in [0.15, 0.2) is 12.1 Å². The van der Waals surface area contributed by atoms with Crippen molar-refractivity contribution in [1.82, 2.24) is 4.90 Å². The average Bonchev–Trinajstić information content (AvgIpc) is 2.35. The molecule has 0 fully saturated rings. The fourth-order valence-electron chi connectivity index (χ4n) is 0.706. The summed E-state index contributed by atoms with van der Waals surface area (Å²) in [7, 11) is 1.74. The molecule has 0 unspecified atom stereocenters. The molecule has 0 radical (unpaired) electrons. The molecule has 0 bridgehead atoms. The maximum absolute atomic E-state index is 8.45. The first-order chi connectivity index (χ1) is 5.22. The van der Waals surface area contributed by atoms with E-state index in [0.717, 1.165) is 9.21 Å². The molecule has 0 saturated carbocycles. The molecule has 0 spiro atoms. The summed E-state index contributed by atoms with van der Waals surface area (Å²) >= 11 is 7.21. The van der Waals surface area contributed by atoms with Gasteiger partial charge in [0.05, 0.1) is 10.9 Å². The summed E-state index contributed by atoms with van der Waals surface area (Å²) in [4.78, 5) is 2.67. The zero-order chi connectivity index (χ0) is 8.27. The minimum atomic E-state index is 0.647. The maximum atomic E-state index is 8.45. The monoisotopic (exact) mass is 186 g/mol. The van der Waals surface area contributed by atoms with E-state index in [1.807, 2.05) is 18.3 Å². The van der Waals surface area contributed by atoms with Crippen LogP contribution in [0.1, 0.15) is 4.88 Å². The van der Waals surface area contributed by atoms with Crippen LogP contribution in [0.25, 0.3) is 0 Å². The number of rotatable bonds is 2. The molecule has 0 aliphatic rings. The Kier molecular flexibility index (Phi) is 2.75. The largest absolute Gasteiger partial charge is 0.308 e. The molecule has 2 nitrogen and oxygen atoms in total. The van der Waals surface area contributed by atoms with Gasteiger partial charge in [-0.3, -0.25) is 0 Å². The highest BCUT2D eigenvalue weighted by Crippen LogP contribution is 2.21. The third-order valence-electron chi connectivity index (χ3n) is 1.19. The van der Waals surface area contributed by atoms with E-state index in [0.29, 0.717) is 6.54 Å². The van der Waals surface area contributed by atoms with Crippen molar-refractivity contribution < 1.29 is 0 Å². The molecule has 0 aliphatic carbocycles. The van der Waals surface area contributed by atoms with Gasteiger partial charge in [-0.2, -0.15) is 5.26 Å². The Morgan fingerprint density at radius 1 is 1.73 bits per heavy atom. The van der Waals surface area contributed by atoms with Crippen molar-refractivity contribution >= 4 is 22.9 Å². The van der Waals surface area contributed by atoms with Crippen LogP contribution in [0.3, 0.4) is 0 Å². The molecule has 0 amide bonds. The van der Waals surface area contributed by atoms with Gasteiger partial charge in [-0.15, -0.1) is 11.3 Å². The Bertz CT molecular complexity index is 276. The Morgan fingerprint density at radius 3 is 2.91 bits per heavy atom. The topological polar surface area (TPSA) is 27.0 Å². The number of hydrogen-bond donors (Lipinski definition) is 0. The van der Waals surface area contributed by atoms with Crippen LogP contribution in [-0.4, -0.2) is 11.9 Å². The van der Waals surface area contributed by atoms with E-state index in [1.165, 1.54) is 11.3 Å². The van der Waals surface area contributed by atoms with Crippen molar-refractivity contribution in [2.24, 2.45) is 0 Å². The summed E-state index contributed by atoms with van der Waals surface area (Å²) in [6.07, 6.45) is 2.02. The van der Waals surface area contributed by atoms with Gasteiger partial charge in [0.25, 0.3) is 0 Å². The van der Waals surface area contributed by atoms with Crippen LogP contribution < -0.4 is 0 Å². The molecule has 1 aromatic heterocycles. The van der Waals surface area contributed by atoms with Crippen molar-refractivity contribution in [2.45, 2.75) is 6.54 Å². The lowest BCUT2D eigenvalue weighted by Gasteiger charge is -2.04. The summed E-state index contributed by atoms with van der Waals surface area (Å²) < 4.78 is 0.770. The van der Waals surface area contributed by atoms with Gasteiger partial charge in [0.1, 0.15) is 0 Å². The SMILES string of the molecule is CN(C#N)Cc1ccc(Cl)s1. The highest BCUT2D eigenvalue weighted by molar-refractivity contribution is 7.16. The van der Waals surface area contributed by atoms with Crippen molar-refractivity contribution in [3.8, 4) is 6.19 Å². The molecular formula is C7H7ClN2S. The Labute approximate surface area is 74.6 Å². The molecule has 0 aliphatic heterocycles. The summed E-state index contributed by atoms with van der Waals surface area (Å²) in [5, 5.41) is 8.45. The molecule has 58 valence electrons. The average molecular weight is 187 g/mol. The van der Waals surface area contributed by atoms with Gasteiger partial charge in [-0.05, 0) is 12.1 Å². The first-order valence-corrected chi connectivity index (χ1v) is 4.27. The van der Waals surface area contributed by atoms with E-state index < -0.39 is 0 Å². The smallest absolute Gasteiger partial charge is 0.179 e. The highest BCUT2D eigenvalue weighted by atomic mass is 35.5. The molecule has 1 aromatic rings. The predicted molar refractivity (Wildman–Crippen MR) is 46.4 cm³/mol. The summed E-state index contributed by atoms with van der Waals surface area (Å²) in [5.74, 6) is 0. The van der Waals surface area contributed by atoms with Crippen LogP contribution in [0, 0.1) is 11.5 Å². The lowest BCUT2D eigenvalue weighted by Crippen LogP contribution is -2.08. The third kappa shape index (κ3) is 2.41. The first kappa shape index (κ1) is 8.38. The van der Waals surface area contributed by atoms with E-state index >= 15 is 0 Å². The standard InChI is InChI=1S/C7H7ClN2S/c1-10(5-9)4-6-2-3-7(8)11-6/h2-3H,4H2,1H3. The zero-order valence-electron chi connectivity index (χ0n) is 6.04. The van der Waals surface area contributed by atoms with Crippen LogP contribution in [0.2, 0.25) is 4.34 Å². The summed E-state index contributed by atoms with van der Waals surface area (Å²) in [5.41, 5.74) is 0. The van der Waals surface area contributed by atoms with Gasteiger partial charge in [0.15, 0.2) is 6.19 Å². The fourth-order valence-corrected chi connectivity index (χ4v) is 1.85. The molecule has 0 saturated heterocycles. The minimum Gasteiger partial charge on any atom is -0.308 e. The lowest BCUT2D eigenvalue weighted by molar-refractivity contribution is 0.474. The first-order valence-electron chi connectivity index (χ1n) is 3.07. The zero-order valence-corrected chi connectivity index (χ0v) is 7.61. The summed E-state index contributed by atoms with van der Waals surface area (Å²) in [6, 6.07) is 3.77. The molecular weight excluding hydrogens is 180 g/mol. The van der Waals surface area contributed by atoms with Crippen molar-refractivity contribution in [2.75, 3.05) is 7.05 Å². The second kappa shape index (κ2) is 3.61. The van der Waals surface area contributed by atoms with Gasteiger partial charge in [-0.25, -0.2) is 0 Å². The molecule has 1 rings (SSSR count). The maximum Gasteiger partial charge on any atom is 0.179 e. The Hall–Kier alpha value is -0.720. The van der Waals surface area contributed by atoms with Gasteiger partial charge in [-0.1, -0.05) is 11.6 Å². The summed E-state index contributed by atoms with van der Waals surface area (Å²) in [6.45, 7) is 0.647. The van der Waals surface area contributed by atoms with Crippen LogP contribution in [0.5, 0.6) is 0 Å². The molecule has 1 heterocycles. The molecule has 4 heteroatoms. The van der Waals surface area contributed by atoms with Crippen molar-refractivity contribution in [3.05, 3.63) is 21.3 Å². The Morgan fingerprint density at radius 2 is 2.45 bits per heavy atom. The number of thiophene rings is 1. The van der Waals surface area contributed by atoms with E-state index in [-0.39, 0.29) is 0 Å². The second-order valence-electron chi connectivity index (χ2n) is 2.16. The molecule has 0 N–H and O–H groups in total. The predicted octanol–water partition coefficient (Wildman–Crippen LogP) is 2.31. The number of nitrogens with zero attached hydrogens (tertiary/aromatic N) is 2. The minimum absolute atomic E-state index is 0.647. The number of nitriles is 1.